The average Bonchev–Trinajstić information content (AvgIpc) is 2.98. The average molecular weight is 269 g/mol. The molecule has 1 aromatic heterocycles. The second-order valence-electron chi connectivity index (χ2n) is 4.78. The van der Waals surface area contributed by atoms with E-state index in [1.807, 2.05) is 11.8 Å². The van der Waals surface area contributed by atoms with E-state index in [2.05, 4.69) is 11.6 Å². The molecule has 0 amide bonds. The number of carboxylic acid groups (broad SMARTS) is 1. The lowest BCUT2D eigenvalue weighted by Gasteiger charge is -2.27. The lowest BCUT2D eigenvalue weighted by atomic mass is 10.1. The molecule has 2 N–H and O–H groups in total. The normalized spacial score (nSPS) is 18.1. The molecule has 18 heavy (non-hydrogen) atoms. The molecule has 1 aliphatic rings. The van der Waals surface area contributed by atoms with E-state index < -0.39 is 5.97 Å². The highest BCUT2D eigenvalue weighted by atomic mass is 32.2. The van der Waals surface area contributed by atoms with Gasteiger partial charge in [-0.05, 0) is 25.2 Å². The van der Waals surface area contributed by atoms with Crippen molar-refractivity contribution < 1.29 is 14.3 Å². The van der Waals surface area contributed by atoms with Crippen molar-refractivity contribution in [2.45, 2.75) is 37.0 Å². The van der Waals surface area contributed by atoms with Crippen LogP contribution in [0.4, 0.5) is 0 Å². The minimum absolute atomic E-state index is 0.0483. The summed E-state index contributed by atoms with van der Waals surface area (Å²) in [6, 6.07) is 1.72. The highest BCUT2D eigenvalue weighted by Gasteiger charge is 2.32. The molecule has 100 valence electrons. The maximum absolute atomic E-state index is 10.9. The van der Waals surface area contributed by atoms with Crippen molar-refractivity contribution in [3.05, 3.63) is 23.7 Å². The third-order valence-electron chi connectivity index (χ3n) is 3.65. The van der Waals surface area contributed by atoms with Gasteiger partial charge in [-0.3, -0.25) is 0 Å². The van der Waals surface area contributed by atoms with Crippen molar-refractivity contribution in [3.8, 4) is 0 Å². The van der Waals surface area contributed by atoms with Crippen LogP contribution in [0.25, 0.3) is 0 Å². The largest absolute Gasteiger partial charge is 0.475 e. The summed E-state index contributed by atoms with van der Waals surface area (Å²) in [5.74, 6) is -0.954. The fourth-order valence-electron chi connectivity index (χ4n) is 2.56. The number of aromatic carboxylic acids is 1. The second kappa shape index (κ2) is 5.80. The Hall–Kier alpha value is -0.940. The molecule has 0 bridgehead atoms. The Labute approximate surface area is 111 Å². The first kappa shape index (κ1) is 13.5. The molecule has 4 nitrogen and oxygen atoms in total. The molecule has 0 spiro atoms. The van der Waals surface area contributed by atoms with Crippen LogP contribution in [0.1, 0.15) is 41.8 Å². The van der Waals surface area contributed by atoms with Gasteiger partial charge in [-0.2, -0.15) is 11.8 Å². The number of carbonyl (C=O) groups is 1. The Balaban J connectivity index is 1.88. The molecule has 2 rings (SSSR count). The van der Waals surface area contributed by atoms with Gasteiger partial charge in [0.15, 0.2) is 0 Å². The van der Waals surface area contributed by atoms with Gasteiger partial charge >= 0.3 is 5.97 Å². The van der Waals surface area contributed by atoms with Gasteiger partial charge in [-0.25, -0.2) is 4.79 Å². The predicted molar refractivity (Wildman–Crippen MR) is 72.1 cm³/mol. The zero-order valence-electron chi connectivity index (χ0n) is 10.6. The van der Waals surface area contributed by atoms with Crippen molar-refractivity contribution in [3.63, 3.8) is 0 Å². The van der Waals surface area contributed by atoms with E-state index in [-0.39, 0.29) is 5.76 Å². The summed E-state index contributed by atoms with van der Waals surface area (Å²) in [4.78, 5) is 10.9. The third-order valence-corrected chi connectivity index (χ3v) is 5.07. The third kappa shape index (κ3) is 2.90. The molecular formula is C13H19NO3S. The van der Waals surface area contributed by atoms with E-state index in [0.29, 0.717) is 11.3 Å². The summed E-state index contributed by atoms with van der Waals surface area (Å²) in [6.45, 7) is 1.48. The van der Waals surface area contributed by atoms with Crippen LogP contribution in [0, 0.1) is 0 Å². The lowest BCUT2D eigenvalue weighted by molar-refractivity contribution is 0.0660. The quantitative estimate of drug-likeness (QED) is 0.831. The molecule has 0 atom stereocenters. The van der Waals surface area contributed by atoms with Crippen LogP contribution in [0.15, 0.2) is 16.7 Å². The van der Waals surface area contributed by atoms with Gasteiger partial charge < -0.3 is 14.8 Å². The molecule has 5 heteroatoms. The number of rotatable bonds is 6. The van der Waals surface area contributed by atoms with E-state index in [1.54, 1.807) is 6.07 Å². The van der Waals surface area contributed by atoms with Gasteiger partial charge in [0.25, 0.3) is 0 Å². The minimum Gasteiger partial charge on any atom is -0.475 e. The fraction of sp³-hybridized carbons (Fsp3) is 0.615. The summed E-state index contributed by atoms with van der Waals surface area (Å²) < 4.78 is 5.30. The lowest BCUT2D eigenvalue weighted by Crippen LogP contribution is -2.34. The predicted octanol–water partition coefficient (Wildman–Crippen LogP) is 2.74. The first-order valence-electron chi connectivity index (χ1n) is 6.22. The van der Waals surface area contributed by atoms with Crippen LogP contribution in [-0.4, -0.2) is 28.6 Å². The van der Waals surface area contributed by atoms with Crippen molar-refractivity contribution in [1.82, 2.24) is 5.32 Å². The fourth-order valence-corrected chi connectivity index (χ4v) is 3.50. The van der Waals surface area contributed by atoms with Gasteiger partial charge in [-0.15, -0.1) is 0 Å². The van der Waals surface area contributed by atoms with Gasteiger partial charge in [0, 0.05) is 23.4 Å². The van der Waals surface area contributed by atoms with Crippen LogP contribution < -0.4 is 5.32 Å². The zero-order valence-corrected chi connectivity index (χ0v) is 11.4. The summed E-state index contributed by atoms with van der Waals surface area (Å²) >= 11 is 1.93. The zero-order chi connectivity index (χ0) is 13.0. The Kier molecular flexibility index (Phi) is 4.35. The standard InChI is InChI=1S/C13H19NO3S/c1-18-13(5-2-3-6-13)9-14-8-10-4-7-17-11(10)12(15)16/h4,7,14H,2-3,5-6,8-9H2,1H3,(H,15,16). The summed E-state index contributed by atoms with van der Waals surface area (Å²) in [5, 5.41) is 12.3. The Morgan fingerprint density at radius 1 is 1.56 bits per heavy atom. The smallest absolute Gasteiger partial charge is 0.372 e. The SMILES string of the molecule is CSC1(CNCc2ccoc2C(=O)O)CCCC1. The first-order valence-corrected chi connectivity index (χ1v) is 7.45. The van der Waals surface area contributed by atoms with Crippen LogP contribution in [-0.2, 0) is 6.54 Å². The van der Waals surface area contributed by atoms with Crippen LogP contribution in [0.2, 0.25) is 0 Å². The van der Waals surface area contributed by atoms with Crippen molar-refractivity contribution in [2.24, 2.45) is 0 Å². The van der Waals surface area contributed by atoms with Crippen LogP contribution >= 0.6 is 11.8 Å². The van der Waals surface area contributed by atoms with Crippen LogP contribution in [0.3, 0.4) is 0 Å². The molecule has 1 heterocycles. The first-order chi connectivity index (χ1) is 8.67. The molecule has 0 aromatic carbocycles. The Bertz CT molecular complexity index is 410. The number of carboxylic acids is 1. The van der Waals surface area contributed by atoms with Gasteiger partial charge in [0.2, 0.25) is 5.76 Å². The highest BCUT2D eigenvalue weighted by molar-refractivity contribution is 8.00. The Morgan fingerprint density at radius 2 is 2.28 bits per heavy atom. The summed E-state index contributed by atoms with van der Waals surface area (Å²) in [5.41, 5.74) is 0.719. The number of hydrogen-bond acceptors (Lipinski definition) is 4. The van der Waals surface area contributed by atoms with E-state index in [4.69, 9.17) is 9.52 Å². The van der Waals surface area contributed by atoms with Crippen LogP contribution in [0.5, 0.6) is 0 Å². The van der Waals surface area contributed by atoms with Crippen molar-refractivity contribution >= 4 is 17.7 Å². The van der Waals surface area contributed by atoms with Gasteiger partial charge in [-0.1, -0.05) is 12.8 Å². The second-order valence-corrected chi connectivity index (χ2v) is 6.05. The van der Waals surface area contributed by atoms with E-state index >= 15 is 0 Å². The molecule has 0 saturated heterocycles. The number of thioether (sulfide) groups is 1. The molecular weight excluding hydrogens is 250 g/mol. The van der Waals surface area contributed by atoms with E-state index in [1.165, 1.54) is 31.9 Å². The summed E-state index contributed by atoms with van der Waals surface area (Å²) in [7, 11) is 0. The van der Waals surface area contributed by atoms with Gasteiger partial charge in [0.1, 0.15) is 0 Å². The topological polar surface area (TPSA) is 62.5 Å². The van der Waals surface area contributed by atoms with E-state index in [9.17, 15) is 4.79 Å². The van der Waals surface area contributed by atoms with E-state index in [0.717, 1.165) is 12.1 Å². The van der Waals surface area contributed by atoms with Gasteiger partial charge in [0.05, 0.1) is 6.26 Å². The number of hydrogen-bond donors (Lipinski definition) is 2. The molecule has 1 fully saturated rings. The maximum Gasteiger partial charge on any atom is 0.372 e. The van der Waals surface area contributed by atoms with Crippen molar-refractivity contribution in [2.75, 3.05) is 12.8 Å². The highest BCUT2D eigenvalue weighted by Crippen LogP contribution is 2.39. The molecule has 0 aliphatic heterocycles. The molecule has 1 aromatic rings. The number of furan rings is 1. The minimum atomic E-state index is -1.00. The summed E-state index contributed by atoms with van der Waals surface area (Å²) in [6.07, 6.45) is 8.69. The number of nitrogens with one attached hydrogen (secondary N) is 1. The molecule has 1 saturated carbocycles. The van der Waals surface area contributed by atoms with Crippen molar-refractivity contribution in [1.29, 1.82) is 0 Å². The monoisotopic (exact) mass is 269 g/mol. The maximum atomic E-state index is 10.9. The Morgan fingerprint density at radius 3 is 2.89 bits per heavy atom. The molecule has 0 unspecified atom stereocenters. The molecule has 0 radical (unpaired) electrons. The molecule has 1 aliphatic carbocycles.